The Bertz CT molecular complexity index is 454. The van der Waals surface area contributed by atoms with E-state index in [1.165, 1.54) is 6.07 Å². The average Bonchev–Trinajstić information content (AvgIpc) is 2.17. The molecule has 0 aliphatic carbocycles. The van der Waals surface area contributed by atoms with E-state index in [-0.39, 0.29) is 10.9 Å². The first-order valence-electron chi connectivity index (χ1n) is 4.49. The van der Waals surface area contributed by atoms with Crippen molar-refractivity contribution in [1.29, 1.82) is 0 Å². The molecule has 1 heterocycles. The molecule has 0 aliphatic heterocycles. The van der Waals surface area contributed by atoms with Gasteiger partial charge in [-0.1, -0.05) is 6.08 Å². The fourth-order valence-electron chi connectivity index (χ4n) is 1.07. The van der Waals surface area contributed by atoms with Crippen LogP contribution in [0.15, 0.2) is 35.9 Å². The summed E-state index contributed by atoms with van der Waals surface area (Å²) in [4.78, 5) is 4.20. The Balaban J connectivity index is 3.13. The van der Waals surface area contributed by atoms with Gasteiger partial charge in [-0.15, -0.1) is 6.58 Å². The van der Waals surface area contributed by atoms with Crippen molar-refractivity contribution in [2.24, 2.45) is 0 Å². The third kappa shape index (κ3) is 3.06. The Hall–Kier alpha value is -1.36. The number of nitrogens with zero attached hydrogens (tertiary/aromatic N) is 1. The summed E-state index contributed by atoms with van der Waals surface area (Å²) in [6.45, 7) is 5.48. The van der Waals surface area contributed by atoms with Crippen LogP contribution >= 0.6 is 0 Å². The van der Waals surface area contributed by atoms with Crippen molar-refractivity contribution in [1.82, 2.24) is 4.98 Å². The molecule has 0 saturated heterocycles. The Morgan fingerprint density at radius 2 is 2.27 bits per heavy atom. The maximum atomic E-state index is 11.4. The summed E-state index contributed by atoms with van der Waals surface area (Å²) in [7, 11) is -3.25. The lowest BCUT2D eigenvalue weighted by Gasteiger charge is -2.12. The van der Waals surface area contributed by atoms with Crippen LogP contribution in [0.2, 0.25) is 0 Å². The van der Waals surface area contributed by atoms with Crippen LogP contribution < -0.4 is 5.32 Å². The van der Waals surface area contributed by atoms with Crippen LogP contribution in [-0.2, 0) is 9.84 Å². The van der Waals surface area contributed by atoms with Crippen molar-refractivity contribution in [3.8, 4) is 0 Å². The molecule has 0 spiro atoms. The average molecular weight is 226 g/mol. The quantitative estimate of drug-likeness (QED) is 0.790. The topological polar surface area (TPSA) is 59.1 Å². The highest BCUT2D eigenvalue weighted by molar-refractivity contribution is 7.90. The fraction of sp³-hybridized carbons (Fsp3) is 0.300. The van der Waals surface area contributed by atoms with Crippen molar-refractivity contribution in [3.05, 3.63) is 31.0 Å². The molecular weight excluding hydrogens is 212 g/mol. The van der Waals surface area contributed by atoms with E-state index in [9.17, 15) is 8.42 Å². The summed E-state index contributed by atoms with van der Waals surface area (Å²) >= 11 is 0. The van der Waals surface area contributed by atoms with E-state index in [1.54, 1.807) is 18.3 Å². The van der Waals surface area contributed by atoms with Crippen LogP contribution in [0.5, 0.6) is 0 Å². The molecule has 0 amide bonds. The van der Waals surface area contributed by atoms with Gasteiger partial charge in [0.2, 0.25) is 0 Å². The molecule has 0 aliphatic rings. The van der Waals surface area contributed by atoms with Gasteiger partial charge in [0.25, 0.3) is 0 Å². The summed E-state index contributed by atoms with van der Waals surface area (Å²) in [5.41, 5.74) is 0. The number of pyridine rings is 1. The standard InChI is InChI=1S/C10H14N2O2S/c1-4-8(2)12-10-9(15(3,13)14)6-5-7-11-10/h4-8H,1H2,2-3H3,(H,11,12). The van der Waals surface area contributed by atoms with Crippen LogP contribution in [0.1, 0.15) is 6.92 Å². The summed E-state index contributed by atoms with van der Waals surface area (Å²) in [6, 6.07) is 3.10. The molecular formula is C10H14N2O2S. The zero-order chi connectivity index (χ0) is 11.5. The van der Waals surface area contributed by atoms with Crippen molar-refractivity contribution in [3.63, 3.8) is 0 Å². The molecule has 1 rings (SSSR count). The zero-order valence-corrected chi connectivity index (χ0v) is 9.58. The highest BCUT2D eigenvalue weighted by Crippen LogP contribution is 2.18. The Morgan fingerprint density at radius 1 is 1.60 bits per heavy atom. The van der Waals surface area contributed by atoms with E-state index < -0.39 is 9.84 Å². The molecule has 0 saturated carbocycles. The van der Waals surface area contributed by atoms with Gasteiger partial charge in [-0.05, 0) is 19.1 Å². The molecule has 4 nitrogen and oxygen atoms in total. The number of aromatic nitrogens is 1. The van der Waals surface area contributed by atoms with Crippen LogP contribution in [0.4, 0.5) is 5.82 Å². The Labute approximate surface area is 90.0 Å². The van der Waals surface area contributed by atoms with E-state index in [0.717, 1.165) is 6.26 Å². The third-order valence-corrected chi connectivity index (χ3v) is 3.02. The van der Waals surface area contributed by atoms with E-state index in [4.69, 9.17) is 0 Å². The third-order valence-electron chi connectivity index (χ3n) is 1.89. The molecule has 0 aromatic carbocycles. The first-order chi connectivity index (χ1) is 6.95. The van der Waals surface area contributed by atoms with Gasteiger partial charge in [-0.25, -0.2) is 13.4 Å². The first-order valence-corrected chi connectivity index (χ1v) is 6.38. The van der Waals surface area contributed by atoms with Gasteiger partial charge in [0.15, 0.2) is 9.84 Å². The van der Waals surface area contributed by atoms with Gasteiger partial charge in [-0.3, -0.25) is 0 Å². The highest BCUT2D eigenvalue weighted by atomic mass is 32.2. The molecule has 1 aromatic rings. The number of hydrogen-bond donors (Lipinski definition) is 1. The van der Waals surface area contributed by atoms with Crippen molar-refractivity contribution < 1.29 is 8.42 Å². The Morgan fingerprint density at radius 3 is 2.80 bits per heavy atom. The predicted molar refractivity (Wildman–Crippen MR) is 60.6 cm³/mol. The number of anilines is 1. The number of nitrogens with one attached hydrogen (secondary N) is 1. The SMILES string of the molecule is C=CC(C)Nc1ncccc1S(C)(=O)=O. The number of rotatable bonds is 4. The first kappa shape index (κ1) is 11.7. The molecule has 15 heavy (non-hydrogen) atoms. The second-order valence-electron chi connectivity index (χ2n) is 3.29. The number of hydrogen-bond acceptors (Lipinski definition) is 4. The molecule has 0 fully saturated rings. The minimum absolute atomic E-state index is 0.0274. The zero-order valence-electron chi connectivity index (χ0n) is 8.77. The highest BCUT2D eigenvalue weighted by Gasteiger charge is 2.14. The lowest BCUT2D eigenvalue weighted by atomic mass is 10.3. The molecule has 5 heteroatoms. The molecule has 1 N–H and O–H groups in total. The molecule has 0 radical (unpaired) electrons. The summed E-state index contributed by atoms with van der Waals surface area (Å²) in [5.74, 6) is 0.368. The largest absolute Gasteiger partial charge is 0.363 e. The van der Waals surface area contributed by atoms with E-state index in [2.05, 4.69) is 16.9 Å². The van der Waals surface area contributed by atoms with Crippen LogP contribution in [0.3, 0.4) is 0 Å². The van der Waals surface area contributed by atoms with E-state index in [0.29, 0.717) is 5.82 Å². The predicted octanol–water partition coefficient (Wildman–Crippen LogP) is 1.47. The lowest BCUT2D eigenvalue weighted by Crippen LogP contribution is -2.15. The maximum absolute atomic E-state index is 11.4. The monoisotopic (exact) mass is 226 g/mol. The number of sulfone groups is 1. The van der Waals surface area contributed by atoms with Gasteiger partial charge in [-0.2, -0.15) is 0 Å². The summed E-state index contributed by atoms with van der Waals surface area (Å²) in [5, 5.41) is 2.96. The van der Waals surface area contributed by atoms with Crippen molar-refractivity contribution in [2.75, 3.05) is 11.6 Å². The van der Waals surface area contributed by atoms with Crippen molar-refractivity contribution >= 4 is 15.7 Å². The normalized spacial score (nSPS) is 13.2. The molecule has 82 valence electrons. The van der Waals surface area contributed by atoms with Gasteiger partial charge in [0.05, 0.1) is 0 Å². The van der Waals surface area contributed by atoms with Crippen LogP contribution in [0, 0.1) is 0 Å². The lowest BCUT2D eigenvalue weighted by molar-refractivity contribution is 0.601. The fourth-order valence-corrected chi connectivity index (χ4v) is 1.86. The van der Waals surface area contributed by atoms with E-state index in [1.807, 2.05) is 6.92 Å². The van der Waals surface area contributed by atoms with Crippen LogP contribution in [0.25, 0.3) is 0 Å². The maximum Gasteiger partial charge on any atom is 0.179 e. The second kappa shape index (κ2) is 4.44. The van der Waals surface area contributed by atoms with Crippen molar-refractivity contribution in [2.45, 2.75) is 17.9 Å². The van der Waals surface area contributed by atoms with Gasteiger partial charge >= 0.3 is 0 Å². The van der Waals surface area contributed by atoms with Gasteiger partial charge < -0.3 is 5.32 Å². The molecule has 1 unspecified atom stereocenters. The minimum atomic E-state index is -3.25. The molecule has 1 aromatic heterocycles. The second-order valence-corrected chi connectivity index (χ2v) is 5.28. The summed E-state index contributed by atoms with van der Waals surface area (Å²) < 4.78 is 22.8. The van der Waals surface area contributed by atoms with Gasteiger partial charge in [0, 0.05) is 18.5 Å². The van der Waals surface area contributed by atoms with E-state index >= 15 is 0 Å². The minimum Gasteiger partial charge on any atom is -0.363 e. The smallest absolute Gasteiger partial charge is 0.179 e. The summed E-state index contributed by atoms with van der Waals surface area (Å²) in [6.07, 6.45) is 4.39. The Kier molecular flexibility index (Phi) is 3.47. The van der Waals surface area contributed by atoms with Crippen LogP contribution in [-0.4, -0.2) is 25.7 Å². The molecule has 0 bridgehead atoms. The van der Waals surface area contributed by atoms with Gasteiger partial charge in [0.1, 0.15) is 10.7 Å². The molecule has 1 atom stereocenters.